The predicted octanol–water partition coefficient (Wildman–Crippen LogP) is 0.826. The zero-order valence-electron chi connectivity index (χ0n) is 7.74. The Kier molecular flexibility index (Phi) is 2.55. The summed E-state index contributed by atoms with van der Waals surface area (Å²) in [7, 11) is 0. The molecular weight excluding hydrogens is 176 g/mol. The van der Waals surface area contributed by atoms with Gasteiger partial charge in [-0.15, -0.1) is 0 Å². The molecule has 4 nitrogen and oxygen atoms in total. The van der Waals surface area contributed by atoms with Gasteiger partial charge in [-0.25, -0.2) is 0 Å². The second-order valence-electron chi connectivity index (χ2n) is 3.02. The van der Waals surface area contributed by atoms with Gasteiger partial charge in [-0.1, -0.05) is 0 Å². The predicted molar refractivity (Wildman–Crippen MR) is 53.7 cm³/mol. The molecule has 0 saturated heterocycles. The van der Waals surface area contributed by atoms with E-state index in [2.05, 4.69) is 10.1 Å². The summed E-state index contributed by atoms with van der Waals surface area (Å²) >= 11 is 0. The molecule has 2 N–H and O–H groups in total. The van der Waals surface area contributed by atoms with E-state index in [-0.39, 0.29) is 6.04 Å². The standard InChI is InChI=1S/C10H12N4/c11-8-10(14-7-1-4-13-14)9-2-5-12-6-3-9/h1-7,10H,8,11H2. The highest BCUT2D eigenvalue weighted by Crippen LogP contribution is 2.14. The van der Waals surface area contributed by atoms with E-state index in [1.165, 1.54) is 0 Å². The maximum atomic E-state index is 5.71. The number of hydrogen-bond acceptors (Lipinski definition) is 3. The lowest BCUT2D eigenvalue weighted by molar-refractivity contribution is 0.531. The zero-order valence-corrected chi connectivity index (χ0v) is 7.74. The molecule has 2 aromatic rings. The molecule has 1 unspecified atom stereocenters. The Morgan fingerprint density at radius 2 is 2.07 bits per heavy atom. The quantitative estimate of drug-likeness (QED) is 0.776. The van der Waals surface area contributed by atoms with Crippen LogP contribution >= 0.6 is 0 Å². The third-order valence-electron chi connectivity index (χ3n) is 2.16. The molecule has 0 spiro atoms. The minimum Gasteiger partial charge on any atom is -0.328 e. The van der Waals surface area contributed by atoms with Crippen LogP contribution in [0, 0.1) is 0 Å². The molecule has 14 heavy (non-hydrogen) atoms. The lowest BCUT2D eigenvalue weighted by Gasteiger charge is -2.15. The Morgan fingerprint density at radius 1 is 1.29 bits per heavy atom. The van der Waals surface area contributed by atoms with E-state index in [1.54, 1.807) is 18.6 Å². The van der Waals surface area contributed by atoms with Crippen molar-refractivity contribution in [3.8, 4) is 0 Å². The number of nitrogens with zero attached hydrogens (tertiary/aromatic N) is 3. The molecule has 2 aromatic heterocycles. The lowest BCUT2D eigenvalue weighted by Crippen LogP contribution is -2.20. The Bertz CT molecular complexity index is 368. The van der Waals surface area contributed by atoms with Crippen molar-refractivity contribution >= 4 is 0 Å². The van der Waals surface area contributed by atoms with Gasteiger partial charge < -0.3 is 5.73 Å². The van der Waals surface area contributed by atoms with E-state index >= 15 is 0 Å². The second kappa shape index (κ2) is 4.02. The van der Waals surface area contributed by atoms with E-state index < -0.39 is 0 Å². The largest absolute Gasteiger partial charge is 0.328 e. The molecule has 2 rings (SSSR count). The van der Waals surface area contributed by atoms with Gasteiger partial charge >= 0.3 is 0 Å². The highest BCUT2D eigenvalue weighted by atomic mass is 15.3. The van der Waals surface area contributed by atoms with E-state index in [4.69, 9.17) is 5.73 Å². The molecule has 0 amide bonds. The fourth-order valence-electron chi connectivity index (χ4n) is 1.45. The van der Waals surface area contributed by atoms with Crippen molar-refractivity contribution in [3.05, 3.63) is 48.5 Å². The van der Waals surface area contributed by atoms with Gasteiger partial charge in [0.15, 0.2) is 0 Å². The fraction of sp³-hybridized carbons (Fsp3) is 0.200. The first kappa shape index (κ1) is 8.90. The minimum atomic E-state index is 0.105. The van der Waals surface area contributed by atoms with Crippen molar-refractivity contribution < 1.29 is 0 Å². The fourth-order valence-corrected chi connectivity index (χ4v) is 1.45. The van der Waals surface area contributed by atoms with E-state index in [0.29, 0.717) is 6.54 Å². The molecule has 4 heteroatoms. The number of aromatic nitrogens is 3. The first-order valence-corrected chi connectivity index (χ1v) is 4.51. The monoisotopic (exact) mass is 188 g/mol. The van der Waals surface area contributed by atoms with Gasteiger partial charge in [0.1, 0.15) is 0 Å². The maximum Gasteiger partial charge on any atom is 0.0891 e. The summed E-state index contributed by atoms with van der Waals surface area (Å²) in [6.07, 6.45) is 7.20. The summed E-state index contributed by atoms with van der Waals surface area (Å²) in [5.74, 6) is 0. The Morgan fingerprint density at radius 3 is 2.64 bits per heavy atom. The molecule has 0 fully saturated rings. The van der Waals surface area contributed by atoms with E-state index in [1.807, 2.05) is 29.1 Å². The van der Waals surface area contributed by atoms with E-state index in [9.17, 15) is 0 Å². The van der Waals surface area contributed by atoms with Crippen molar-refractivity contribution in [1.82, 2.24) is 14.8 Å². The third-order valence-corrected chi connectivity index (χ3v) is 2.16. The molecule has 0 aliphatic heterocycles. The average Bonchev–Trinajstić information content (AvgIpc) is 2.74. The molecule has 0 saturated carbocycles. The van der Waals surface area contributed by atoms with Crippen LogP contribution < -0.4 is 5.73 Å². The van der Waals surface area contributed by atoms with Crippen molar-refractivity contribution in [1.29, 1.82) is 0 Å². The van der Waals surface area contributed by atoms with Crippen molar-refractivity contribution in [2.45, 2.75) is 6.04 Å². The highest BCUT2D eigenvalue weighted by Gasteiger charge is 2.10. The Hall–Kier alpha value is -1.68. The van der Waals surface area contributed by atoms with Crippen LogP contribution in [-0.4, -0.2) is 21.3 Å². The summed E-state index contributed by atoms with van der Waals surface area (Å²) in [5, 5.41) is 4.18. The van der Waals surface area contributed by atoms with Crippen LogP contribution in [0.5, 0.6) is 0 Å². The van der Waals surface area contributed by atoms with Gasteiger partial charge in [0.2, 0.25) is 0 Å². The SMILES string of the molecule is NCC(c1ccncc1)n1cccn1. The van der Waals surface area contributed by atoms with Crippen molar-refractivity contribution in [2.75, 3.05) is 6.54 Å². The van der Waals surface area contributed by atoms with Crippen LogP contribution in [0.3, 0.4) is 0 Å². The molecule has 0 bridgehead atoms. The number of pyridine rings is 1. The zero-order chi connectivity index (χ0) is 9.80. The normalized spacial score (nSPS) is 12.6. The van der Waals surface area contributed by atoms with Gasteiger partial charge in [0.25, 0.3) is 0 Å². The number of nitrogens with two attached hydrogens (primary N) is 1. The molecule has 0 aromatic carbocycles. The molecular formula is C10H12N4. The van der Waals surface area contributed by atoms with Crippen LogP contribution in [0.1, 0.15) is 11.6 Å². The topological polar surface area (TPSA) is 56.7 Å². The first-order chi connectivity index (χ1) is 6.92. The summed E-state index contributed by atoms with van der Waals surface area (Å²) in [6, 6.07) is 5.91. The smallest absolute Gasteiger partial charge is 0.0891 e. The van der Waals surface area contributed by atoms with Crippen molar-refractivity contribution in [2.24, 2.45) is 5.73 Å². The van der Waals surface area contributed by atoms with Gasteiger partial charge in [-0.2, -0.15) is 5.10 Å². The first-order valence-electron chi connectivity index (χ1n) is 4.51. The van der Waals surface area contributed by atoms with Crippen LogP contribution in [0.25, 0.3) is 0 Å². The maximum absolute atomic E-state index is 5.71. The van der Waals surface area contributed by atoms with E-state index in [0.717, 1.165) is 5.56 Å². The number of hydrogen-bond donors (Lipinski definition) is 1. The summed E-state index contributed by atoms with van der Waals surface area (Å²) < 4.78 is 1.86. The van der Waals surface area contributed by atoms with Gasteiger partial charge in [0, 0.05) is 31.3 Å². The molecule has 2 heterocycles. The van der Waals surface area contributed by atoms with Crippen molar-refractivity contribution in [3.63, 3.8) is 0 Å². The number of rotatable bonds is 3. The molecule has 0 radical (unpaired) electrons. The Labute approximate surface area is 82.4 Å². The van der Waals surface area contributed by atoms with Crippen LogP contribution in [-0.2, 0) is 0 Å². The van der Waals surface area contributed by atoms with Gasteiger partial charge in [0.05, 0.1) is 6.04 Å². The lowest BCUT2D eigenvalue weighted by atomic mass is 10.1. The third kappa shape index (κ3) is 1.65. The van der Waals surface area contributed by atoms with Crippen LogP contribution in [0.4, 0.5) is 0 Å². The van der Waals surface area contributed by atoms with Crippen LogP contribution in [0.15, 0.2) is 43.0 Å². The van der Waals surface area contributed by atoms with Gasteiger partial charge in [-0.3, -0.25) is 9.67 Å². The summed E-state index contributed by atoms with van der Waals surface area (Å²) in [4.78, 5) is 3.97. The minimum absolute atomic E-state index is 0.105. The molecule has 0 aliphatic rings. The summed E-state index contributed by atoms with van der Waals surface area (Å²) in [6.45, 7) is 0.533. The Balaban J connectivity index is 2.31. The molecule has 72 valence electrons. The summed E-state index contributed by atoms with van der Waals surface area (Å²) in [5.41, 5.74) is 6.85. The molecule has 0 aliphatic carbocycles. The van der Waals surface area contributed by atoms with Gasteiger partial charge in [-0.05, 0) is 23.8 Å². The average molecular weight is 188 g/mol. The second-order valence-corrected chi connectivity index (χ2v) is 3.02. The molecule has 1 atom stereocenters. The highest BCUT2D eigenvalue weighted by molar-refractivity contribution is 5.16. The van der Waals surface area contributed by atoms with Crippen LogP contribution in [0.2, 0.25) is 0 Å².